The average molecular weight is 377 g/mol. The highest BCUT2D eigenvalue weighted by atomic mass is 35.5. The molecular formula is C20H25ClN2O3. The van der Waals surface area contributed by atoms with Crippen molar-refractivity contribution < 1.29 is 14.6 Å². The van der Waals surface area contributed by atoms with Gasteiger partial charge in [0.2, 0.25) is 0 Å². The van der Waals surface area contributed by atoms with Crippen LogP contribution in [0.15, 0.2) is 18.2 Å². The number of aromatic nitrogens is 1. The van der Waals surface area contributed by atoms with Gasteiger partial charge < -0.3 is 14.8 Å². The average Bonchev–Trinajstić information content (AvgIpc) is 3.00. The van der Waals surface area contributed by atoms with Crippen LogP contribution in [-0.4, -0.2) is 39.0 Å². The van der Waals surface area contributed by atoms with Crippen molar-refractivity contribution in [3.05, 3.63) is 34.5 Å². The summed E-state index contributed by atoms with van der Waals surface area (Å²) in [6.07, 6.45) is 4.77. The third kappa shape index (κ3) is 2.52. The molecule has 2 aliphatic rings. The predicted molar refractivity (Wildman–Crippen MR) is 101 cm³/mol. The first-order chi connectivity index (χ1) is 12.4. The number of nitrogens with zero attached hydrogens (tertiary/aromatic N) is 1. The number of fused-ring (bicyclic) bond motifs is 1. The zero-order valence-corrected chi connectivity index (χ0v) is 16.0. The highest BCUT2D eigenvalue weighted by Crippen LogP contribution is 2.47. The Kier molecular flexibility index (Phi) is 4.20. The minimum atomic E-state index is -1.28. The van der Waals surface area contributed by atoms with E-state index in [9.17, 15) is 9.90 Å². The van der Waals surface area contributed by atoms with Crippen molar-refractivity contribution in [2.75, 3.05) is 6.54 Å². The number of para-hydroxylation sites is 1. The molecule has 1 aliphatic heterocycles. The molecule has 1 amide bonds. The van der Waals surface area contributed by atoms with E-state index in [-0.39, 0.29) is 0 Å². The molecular weight excluding hydrogens is 352 g/mol. The van der Waals surface area contributed by atoms with Gasteiger partial charge in [0.15, 0.2) is 11.3 Å². The first-order valence-electron chi connectivity index (χ1n) is 9.34. The number of aromatic amines is 1. The number of carbonyl (C=O) groups excluding carboxylic acids is 1. The number of ether oxygens (including phenoxy) is 1. The van der Waals surface area contributed by atoms with Crippen LogP contribution < -0.4 is 0 Å². The first kappa shape index (κ1) is 17.7. The molecule has 1 aromatic heterocycles. The number of carbonyl (C=O) groups is 1. The maximum Gasteiger partial charge on any atom is 0.412 e. The Hall–Kier alpha value is -1.72. The molecule has 1 spiro atoms. The minimum absolute atomic E-state index is 0.410. The predicted octanol–water partition coefficient (Wildman–Crippen LogP) is 4.54. The molecule has 1 saturated heterocycles. The molecule has 2 heterocycles. The van der Waals surface area contributed by atoms with Crippen LogP contribution in [0.1, 0.15) is 50.3 Å². The Bertz CT molecular complexity index is 852. The number of hydrogen-bond donors (Lipinski definition) is 2. The molecule has 5 nitrogen and oxygen atoms in total. The smallest absolute Gasteiger partial charge is 0.412 e. The molecule has 140 valence electrons. The van der Waals surface area contributed by atoms with Crippen LogP contribution in [0.5, 0.6) is 0 Å². The normalized spacial score (nSPS) is 25.2. The molecule has 2 aromatic rings. The molecule has 6 heteroatoms. The fourth-order valence-electron chi connectivity index (χ4n) is 4.66. The summed E-state index contributed by atoms with van der Waals surface area (Å²) in [4.78, 5) is 17.4. The quantitative estimate of drug-likeness (QED) is 0.826. The zero-order valence-electron chi connectivity index (χ0n) is 15.3. The Morgan fingerprint density at radius 3 is 2.77 bits per heavy atom. The number of rotatable bonds is 3. The van der Waals surface area contributed by atoms with Crippen LogP contribution >= 0.6 is 11.6 Å². The molecule has 1 unspecified atom stereocenters. The molecule has 1 saturated carbocycles. The number of aliphatic hydroxyl groups is 1. The minimum Gasteiger partial charge on any atom is -0.438 e. The summed E-state index contributed by atoms with van der Waals surface area (Å²) < 4.78 is 5.73. The number of amides is 1. The van der Waals surface area contributed by atoms with Gasteiger partial charge in [-0.2, -0.15) is 0 Å². The summed E-state index contributed by atoms with van der Waals surface area (Å²) in [6.45, 7) is 4.14. The zero-order chi connectivity index (χ0) is 18.5. The summed E-state index contributed by atoms with van der Waals surface area (Å²) in [7, 11) is 0. The van der Waals surface area contributed by atoms with Gasteiger partial charge in [-0.15, -0.1) is 0 Å². The highest BCUT2D eigenvalue weighted by molar-refractivity contribution is 6.35. The molecule has 0 bridgehead atoms. The van der Waals surface area contributed by atoms with Crippen LogP contribution in [0.4, 0.5) is 4.79 Å². The topological polar surface area (TPSA) is 65.6 Å². The van der Waals surface area contributed by atoms with Crippen molar-refractivity contribution in [1.29, 1.82) is 0 Å². The lowest BCUT2D eigenvalue weighted by Gasteiger charge is -2.42. The van der Waals surface area contributed by atoms with Crippen molar-refractivity contribution in [2.45, 2.75) is 63.7 Å². The maximum absolute atomic E-state index is 12.5. The van der Waals surface area contributed by atoms with Crippen LogP contribution in [0.3, 0.4) is 0 Å². The first-order valence-corrected chi connectivity index (χ1v) is 9.72. The van der Waals surface area contributed by atoms with E-state index in [1.165, 1.54) is 4.90 Å². The van der Waals surface area contributed by atoms with Gasteiger partial charge >= 0.3 is 6.09 Å². The largest absolute Gasteiger partial charge is 0.438 e. The van der Waals surface area contributed by atoms with Crippen LogP contribution in [0.25, 0.3) is 10.9 Å². The Morgan fingerprint density at radius 1 is 1.31 bits per heavy atom. The monoisotopic (exact) mass is 376 g/mol. The molecule has 2 N–H and O–H groups in total. The summed E-state index contributed by atoms with van der Waals surface area (Å²) in [5.41, 5.74) is 1.04. The lowest BCUT2D eigenvalue weighted by atomic mass is 9.77. The molecule has 1 aromatic carbocycles. The SMILES string of the molecule is Cc1[nH]c2c(Cl)cccc2c1CCN1C(=O)OC2(CCCCC2)C1(C)O. The summed E-state index contributed by atoms with van der Waals surface area (Å²) in [5.74, 6) is 0. The van der Waals surface area contributed by atoms with Gasteiger partial charge in [0, 0.05) is 17.6 Å². The lowest BCUT2D eigenvalue weighted by molar-refractivity contribution is -0.158. The lowest BCUT2D eigenvalue weighted by Crippen LogP contribution is -2.57. The van der Waals surface area contributed by atoms with E-state index in [2.05, 4.69) is 4.98 Å². The van der Waals surface area contributed by atoms with Crippen molar-refractivity contribution in [3.63, 3.8) is 0 Å². The van der Waals surface area contributed by atoms with Crippen LogP contribution in [-0.2, 0) is 11.2 Å². The second-order valence-corrected chi connectivity index (χ2v) is 8.14. The number of nitrogens with one attached hydrogen (secondary N) is 1. The van der Waals surface area contributed by atoms with E-state index < -0.39 is 17.4 Å². The molecule has 2 fully saturated rings. The van der Waals surface area contributed by atoms with E-state index in [4.69, 9.17) is 16.3 Å². The van der Waals surface area contributed by atoms with Gasteiger partial charge in [-0.05, 0) is 57.6 Å². The van der Waals surface area contributed by atoms with E-state index >= 15 is 0 Å². The third-order valence-corrected chi connectivity index (χ3v) is 6.56. The van der Waals surface area contributed by atoms with Gasteiger partial charge in [0.1, 0.15) is 0 Å². The third-order valence-electron chi connectivity index (χ3n) is 6.24. The van der Waals surface area contributed by atoms with Crippen molar-refractivity contribution in [2.24, 2.45) is 0 Å². The van der Waals surface area contributed by atoms with E-state index in [1.54, 1.807) is 6.92 Å². The standard InChI is InChI=1S/C20H25ClN2O3/c1-13-14(15-7-6-8-16(21)17(15)22-13)9-12-23-18(24)26-20(19(23,2)25)10-4-3-5-11-20/h6-8,22,25H,3-5,9-12H2,1-2H3. The second kappa shape index (κ2) is 6.17. The molecule has 26 heavy (non-hydrogen) atoms. The van der Waals surface area contributed by atoms with Gasteiger partial charge in [0.25, 0.3) is 0 Å². The van der Waals surface area contributed by atoms with Crippen molar-refractivity contribution in [3.8, 4) is 0 Å². The van der Waals surface area contributed by atoms with Gasteiger partial charge in [-0.3, -0.25) is 4.90 Å². The number of hydrogen-bond acceptors (Lipinski definition) is 3. The highest BCUT2D eigenvalue weighted by Gasteiger charge is 2.61. The van der Waals surface area contributed by atoms with Crippen molar-refractivity contribution >= 4 is 28.6 Å². The van der Waals surface area contributed by atoms with Gasteiger partial charge in [-0.1, -0.05) is 30.2 Å². The molecule has 1 atom stereocenters. The van der Waals surface area contributed by atoms with Crippen LogP contribution in [0, 0.1) is 6.92 Å². The van der Waals surface area contributed by atoms with Gasteiger partial charge in [0.05, 0.1) is 10.5 Å². The fraction of sp³-hybridized carbons (Fsp3) is 0.550. The van der Waals surface area contributed by atoms with Crippen LogP contribution in [0.2, 0.25) is 5.02 Å². The Balaban J connectivity index is 1.59. The maximum atomic E-state index is 12.5. The summed E-state index contributed by atoms with van der Waals surface area (Å²) in [6, 6.07) is 5.82. The van der Waals surface area contributed by atoms with E-state index in [0.29, 0.717) is 18.0 Å². The number of halogens is 1. The number of H-pyrrole nitrogens is 1. The van der Waals surface area contributed by atoms with E-state index in [1.807, 2.05) is 25.1 Å². The Labute approximate surface area is 158 Å². The summed E-state index contributed by atoms with van der Waals surface area (Å²) >= 11 is 6.28. The molecule has 0 radical (unpaired) electrons. The van der Waals surface area contributed by atoms with Crippen molar-refractivity contribution in [1.82, 2.24) is 9.88 Å². The van der Waals surface area contributed by atoms with E-state index in [0.717, 1.165) is 54.3 Å². The number of benzene rings is 1. The second-order valence-electron chi connectivity index (χ2n) is 7.74. The Morgan fingerprint density at radius 2 is 2.04 bits per heavy atom. The fourth-order valence-corrected chi connectivity index (χ4v) is 4.89. The summed E-state index contributed by atoms with van der Waals surface area (Å²) in [5, 5.41) is 13.0. The molecule has 4 rings (SSSR count). The molecule has 1 aliphatic carbocycles. The number of aryl methyl sites for hydroxylation is 1. The van der Waals surface area contributed by atoms with Gasteiger partial charge in [-0.25, -0.2) is 4.79 Å².